The molecule has 0 fully saturated rings. The number of ether oxygens (including phenoxy) is 1. The van der Waals surface area contributed by atoms with Crippen LogP contribution in [0.25, 0.3) is 0 Å². The van der Waals surface area contributed by atoms with Crippen LogP contribution in [-0.2, 0) is 11.3 Å². The predicted molar refractivity (Wildman–Crippen MR) is 79.0 cm³/mol. The molecule has 0 spiro atoms. The third-order valence-corrected chi connectivity index (χ3v) is 3.12. The zero-order chi connectivity index (χ0) is 17.0. The fourth-order valence-corrected chi connectivity index (χ4v) is 1.97. The smallest absolute Gasteiger partial charge is 0.343 e. The van der Waals surface area contributed by atoms with E-state index < -0.39 is 27.7 Å². The van der Waals surface area contributed by atoms with Gasteiger partial charge in [-0.3, -0.25) is 14.9 Å². The molecule has 0 radical (unpaired) electrons. The number of rotatable bonds is 4. The van der Waals surface area contributed by atoms with Gasteiger partial charge >= 0.3 is 5.97 Å². The molecular formula is C15H11N3O5. The number of hydrogen-bond donors (Lipinski definition) is 0. The Balaban J connectivity index is 2.49. The molecule has 0 saturated heterocycles. The van der Waals surface area contributed by atoms with Crippen molar-refractivity contribution >= 4 is 11.7 Å². The van der Waals surface area contributed by atoms with Crippen molar-refractivity contribution in [2.45, 2.75) is 6.54 Å². The number of carbonyl (C=O) groups excluding carboxylic acids is 1. The van der Waals surface area contributed by atoms with Crippen molar-refractivity contribution in [3.63, 3.8) is 0 Å². The molecule has 0 aliphatic carbocycles. The van der Waals surface area contributed by atoms with Crippen LogP contribution < -0.4 is 5.56 Å². The van der Waals surface area contributed by atoms with Crippen LogP contribution in [0.1, 0.15) is 21.5 Å². The van der Waals surface area contributed by atoms with Crippen LogP contribution in [0.15, 0.2) is 41.3 Å². The molecule has 0 aliphatic rings. The highest BCUT2D eigenvalue weighted by Crippen LogP contribution is 2.13. The van der Waals surface area contributed by atoms with Crippen molar-refractivity contribution in [2.24, 2.45) is 0 Å². The van der Waals surface area contributed by atoms with E-state index in [0.29, 0.717) is 11.1 Å². The summed E-state index contributed by atoms with van der Waals surface area (Å²) in [5.41, 5.74) is -0.376. The van der Waals surface area contributed by atoms with E-state index in [9.17, 15) is 19.7 Å². The number of esters is 1. The fraction of sp³-hybridized carbons (Fsp3) is 0.133. The van der Waals surface area contributed by atoms with Crippen molar-refractivity contribution in [1.29, 1.82) is 5.26 Å². The van der Waals surface area contributed by atoms with Gasteiger partial charge in [0.25, 0.3) is 11.2 Å². The summed E-state index contributed by atoms with van der Waals surface area (Å²) in [6.45, 7) is 0.0240. The van der Waals surface area contributed by atoms with Gasteiger partial charge in [0.05, 0.1) is 36.4 Å². The summed E-state index contributed by atoms with van der Waals surface area (Å²) in [6, 6.07) is 9.25. The number of methoxy groups -OCH3 is 1. The van der Waals surface area contributed by atoms with Crippen molar-refractivity contribution < 1.29 is 14.5 Å². The van der Waals surface area contributed by atoms with Crippen LogP contribution >= 0.6 is 0 Å². The number of nitrogens with zero attached hydrogens (tertiary/aromatic N) is 3. The minimum absolute atomic E-state index is 0.0240. The van der Waals surface area contributed by atoms with Crippen molar-refractivity contribution in [2.75, 3.05) is 7.11 Å². The zero-order valence-electron chi connectivity index (χ0n) is 12.1. The van der Waals surface area contributed by atoms with Crippen molar-refractivity contribution in [3.8, 4) is 6.07 Å². The van der Waals surface area contributed by atoms with Gasteiger partial charge in [0.2, 0.25) is 0 Å². The van der Waals surface area contributed by atoms with Crippen molar-refractivity contribution in [3.05, 3.63) is 73.7 Å². The molecule has 0 saturated carbocycles. The molecule has 0 amide bonds. The van der Waals surface area contributed by atoms with Gasteiger partial charge < -0.3 is 9.30 Å². The Hall–Kier alpha value is -3.47. The standard InChI is InChI=1S/C15H11N3O5/c1-23-15(20)13-6-12(18(21)22)9-17(14(13)19)8-11-4-2-10(7-16)3-5-11/h2-6,9H,8H2,1H3. The topological polar surface area (TPSA) is 115 Å². The molecule has 0 aliphatic heterocycles. The van der Waals surface area contributed by atoms with Crippen LogP contribution in [-0.4, -0.2) is 22.6 Å². The second-order valence-electron chi connectivity index (χ2n) is 4.60. The summed E-state index contributed by atoms with van der Waals surface area (Å²) >= 11 is 0. The van der Waals surface area contributed by atoms with Gasteiger partial charge in [0.15, 0.2) is 0 Å². The first-order chi connectivity index (χ1) is 11.0. The molecule has 0 unspecified atom stereocenters. The highest BCUT2D eigenvalue weighted by atomic mass is 16.6. The molecule has 8 heteroatoms. The molecule has 2 rings (SSSR count). The number of aromatic nitrogens is 1. The number of hydrogen-bond acceptors (Lipinski definition) is 6. The van der Waals surface area contributed by atoms with Gasteiger partial charge in [-0.15, -0.1) is 0 Å². The quantitative estimate of drug-likeness (QED) is 0.479. The maximum Gasteiger partial charge on any atom is 0.343 e. The molecule has 1 aromatic heterocycles. The average molecular weight is 313 g/mol. The Morgan fingerprint density at radius 2 is 2.04 bits per heavy atom. The van der Waals surface area contributed by atoms with E-state index in [-0.39, 0.29) is 6.54 Å². The first kappa shape index (κ1) is 15.9. The Morgan fingerprint density at radius 3 is 2.57 bits per heavy atom. The van der Waals surface area contributed by atoms with E-state index in [0.717, 1.165) is 23.9 Å². The lowest BCUT2D eigenvalue weighted by Crippen LogP contribution is -2.27. The Kier molecular flexibility index (Phi) is 4.52. The second-order valence-corrected chi connectivity index (χ2v) is 4.60. The zero-order valence-corrected chi connectivity index (χ0v) is 12.1. The third-order valence-electron chi connectivity index (χ3n) is 3.12. The number of nitriles is 1. The summed E-state index contributed by atoms with van der Waals surface area (Å²) in [4.78, 5) is 34.1. The molecule has 0 bridgehead atoms. The molecule has 1 heterocycles. The Labute approximate surface area is 130 Å². The van der Waals surface area contributed by atoms with E-state index >= 15 is 0 Å². The minimum Gasteiger partial charge on any atom is -0.465 e. The first-order valence-corrected chi connectivity index (χ1v) is 6.42. The normalized spacial score (nSPS) is 9.91. The molecule has 1 aromatic carbocycles. The summed E-state index contributed by atoms with van der Waals surface area (Å²) < 4.78 is 5.54. The number of carbonyl (C=O) groups is 1. The Bertz CT molecular complexity index is 862. The summed E-state index contributed by atoms with van der Waals surface area (Å²) in [5.74, 6) is -0.938. The van der Waals surface area contributed by atoms with E-state index in [1.54, 1.807) is 24.3 Å². The molecular weight excluding hydrogens is 302 g/mol. The lowest BCUT2D eigenvalue weighted by Gasteiger charge is -2.08. The molecule has 0 atom stereocenters. The molecule has 116 valence electrons. The maximum absolute atomic E-state index is 12.3. The number of benzene rings is 1. The largest absolute Gasteiger partial charge is 0.465 e. The first-order valence-electron chi connectivity index (χ1n) is 6.42. The van der Waals surface area contributed by atoms with Crippen LogP contribution in [0, 0.1) is 21.4 Å². The van der Waals surface area contributed by atoms with Gasteiger partial charge in [-0.05, 0) is 17.7 Å². The highest BCUT2D eigenvalue weighted by Gasteiger charge is 2.19. The van der Waals surface area contributed by atoms with Crippen LogP contribution in [0.4, 0.5) is 5.69 Å². The van der Waals surface area contributed by atoms with Crippen LogP contribution in [0.5, 0.6) is 0 Å². The molecule has 23 heavy (non-hydrogen) atoms. The van der Waals surface area contributed by atoms with Crippen LogP contribution in [0.2, 0.25) is 0 Å². The van der Waals surface area contributed by atoms with Crippen LogP contribution in [0.3, 0.4) is 0 Å². The lowest BCUT2D eigenvalue weighted by molar-refractivity contribution is -0.385. The lowest BCUT2D eigenvalue weighted by atomic mass is 10.1. The van der Waals surface area contributed by atoms with Gasteiger partial charge in [-0.1, -0.05) is 12.1 Å². The van der Waals surface area contributed by atoms with E-state index in [1.807, 2.05) is 6.07 Å². The summed E-state index contributed by atoms with van der Waals surface area (Å²) in [5, 5.41) is 19.7. The average Bonchev–Trinajstić information content (AvgIpc) is 2.56. The second kappa shape index (κ2) is 6.53. The molecule has 0 N–H and O–H groups in total. The number of nitro groups is 1. The highest BCUT2D eigenvalue weighted by molar-refractivity contribution is 5.89. The molecule has 2 aromatic rings. The van der Waals surface area contributed by atoms with E-state index in [2.05, 4.69) is 4.74 Å². The number of pyridine rings is 1. The van der Waals surface area contributed by atoms with E-state index in [1.165, 1.54) is 0 Å². The maximum atomic E-state index is 12.3. The monoisotopic (exact) mass is 313 g/mol. The van der Waals surface area contributed by atoms with Gasteiger partial charge in [0.1, 0.15) is 5.56 Å². The SMILES string of the molecule is COC(=O)c1cc([N+](=O)[O-])cn(Cc2ccc(C#N)cc2)c1=O. The molecule has 8 nitrogen and oxygen atoms in total. The summed E-state index contributed by atoms with van der Waals surface area (Å²) in [6.07, 6.45) is 1.06. The van der Waals surface area contributed by atoms with Gasteiger partial charge in [0, 0.05) is 6.07 Å². The van der Waals surface area contributed by atoms with Gasteiger partial charge in [-0.2, -0.15) is 5.26 Å². The van der Waals surface area contributed by atoms with E-state index in [4.69, 9.17) is 5.26 Å². The van der Waals surface area contributed by atoms with Gasteiger partial charge in [-0.25, -0.2) is 4.79 Å². The summed E-state index contributed by atoms with van der Waals surface area (Å²) in [7, 11) is 1.09. The third kappa shape index (κ3) is 3.41. The predicted octanol–water partition coefficient (Wildman–Crippen LogP) is 1.46. The Morgan fingerprint density at radius 1 is 1.39 bits per heavy atom. The fourth-order valence-electron chi connectivity index (χ4n) is 1.97. The van der Waals surface area contributed by atoms with Crippen molar-refractivity contribution in [1.82, 2.24) is 4.57 Å². The minimum atomic E-state index is -0.938.